The fraction of sp³-hybridized carbons (Fsp3) is 0.300. The lowest BCUT2D eigenvalue weighted by molar-refractivity contribution is 0.0953. The summed E-state index contributed by atoms with van der Waals surface area (Å²) in [6.07, 6.45) is 6.08. The molecule has 2 heterocycles. The number of fused-ring (bicyclic) bond motifs is 1. The number of anilines is 1. The first-order valence-electron chi connectivity index (χ1n) is 13.0. The first-order valence-corrected chi connectivity index (χ1v) is 13.0. The monoisotopic (exact) mass is 495 g/mol. The molecule has 1 amide bonds. The van der Waals surface area contributed by atoms with Gasteiger partial charge in [0.15, 0.2) is 5.82 Å². The minimum atomic E-state index is -0.190. The van der Waals surface area contributed by atoms with Crippen molar-refractivity contribution in [3.63, 3.8) is 0 Å². The van der Waals surface area contributed by atoms with Crippen molar-refractivity contribution in [3.05, 3.63) is 101 Å². The van der Waals surface area contributed by atoms with Gasteiger partial charge < -0.3 is 10.6 Å². The minimum absolute atomic E-state index is 0.107. The Kier molecular flexibility index (Phi) is 7.61. The molecule has 0 atom stereocenters. The van der Waals surface area contributed by atoms with Crippen molar-refractivity contribution in [1.29, 1.82) is 0 Å². The van der Waals surface area contributed by atoms with Crippen LogP contribution in [0, 0.1) is 0 Å². The summed E-state index contributed by atoms with van der Waals surface area (Å²) in [6.45, 7) is 5.52. The Morgan fingerprint density at radius 1 is 1.00 bits per heavy atom. The lowest BCUT2D eigenvalue weighted by atomic mass is 10.0. The largest absolute Gasteiger partial charge is 0.363 e. The van der Waals surface area contributed by atoms with Crippen LogP contribution in [0.25, 0.3) is 16.5 Å². The molecule has 1 saturated heterocycles. The SMILES string of the molecule is CCCNC(=O)c1ccc(-n2ccnc(NC3CCN(Cc4ccc5ccccc5c4)CC3)c2=O)cc1. The van der Waals surface area contributed by atoms with E-state index >= 15 is 0 Å². The predicted octanol–water partition coefficient (Wildman–Crippen LogP) is 4.60. The van der Waals surface area contributed by atoms with Crippen LogP contribution in [0.3, 0.4) is 0 Å². The molecule has 0 unspecified atom stereocenters. The Morgan fingerprint density at radius 2 is 1.76 bits per heavy atom. The van der Waals surface area contributed by atoms with E-state index in [4.69, 9.17) is 0 Å². The zero-order chi connectivity index (χ0) is 25.6. The van der Waals surface area contributed by atoms with E-state index < -0.39 is 0 Å². The molecule has 0 radical (unpaired) electrons. The van der Waals surface area contributed by atoms with E-state index in [-0.39, 0.29) is 17.5 Å². The number of piperidine rings is 1. The van der Waals surface area contributed by atoms with Crippen LogP contribution >= 0.6 is 0 Å². The van der Waals surface area contributed by atoms with E-state index in [2.05, 4.69) is 63.0 Å². The molecule has 37 heavy (non-hydrogen) atoms. The first-order chi connectivity index (χ1) is 18.1. The van der Waals surface area contributed by atoms with Gasteiger partial charge in [-0.25, -0.2) is 4.98 Å². The Morgan fingerprint density at radius 3 is 2.51 bits per heavy atom. The smallest absolute Gasteiger partial charge is 0.297 e. The summed E-state index contributed by atoms with van der Waals surface area (Å²) >= 11 is 0. The highest BCUT2D eigenvalue weighted by atomic mass is 16.1. The second kappa shape index (κ2) is 11.4. The van der Waals surface area contributed by atoms with Crippen molar-refractivity contribution >= 4 is 22.5 Å². The molecule has 0 spiro atoms. The molecule has 1 fully saturated rings. The van der Waals surface area contributed by atoms with Gasteiger partial charge in [-0.2, -0.15) is 0 Å². The summed E-state index contributed by atoms with van der Waals surface area (Å²) in [5.41, 5.74) is 2.41. The predicted molar refractivity (Wildman–Crippen MR) is 148 cm³/mol. The number of amides is 1. The Labute approximate surface area is 217 Å². The van der Waals surface area contributed by atoms with Crippen molar-refractivity contribution < 1.29 is 4.79 Å². The molecule has 2 N–H and O–H groups in total. The quantitative estimate of drug-likeness (QED) is 0.373. The van der Waals surface area contributed by atoms with Crippen LogP contribution in [0.1, 0.15) is 42.1 Å². The summed E-state index contributed by atoms with van der Waals surface area (Å²) in [5.74, 6) is 0.255. The number of rotatable bonds is 8. The molecule has 1 aliphatic heterocycles. The summed E-state index contributed by atoms with van der Waals surface area (Å²) in [7, 11) is 0. The van der Waals surface area contributed by atoms with E-state index in [1.807, 2.05) is 6.92 Å². The number of carbonyl (C=O) groups excluding carboxylic acids is 1. The molecule has 0 saturated carbocycles. The molecule has 190 valence electrons. The molecular formula is C30H33N5O2. The lowest BCUT2D eigenvalue weighted by Gasteiger charge is -2.32. The van der Waals surface area contributed by atoms with E-state index in [1.54, 1.807) is 41.2 Å². The normalized spacial score (nSPS) is 14.5. The fourth-order valence-electron chi connectivity index (χ4n) is 4.85. The van der Waals surface area contributed by atoms with E-state index in [0.717, 1.165) is 38.9 Å². The van der Waals surface area contributed by atoms with Crippen molar-refractivity contribution in [2.75, 3.05) is 25.0 Å². The van der Waals surface area contributed by atoms with Crippen LogP contribution in [0.2, 0.25) is 0 Å². The molecule has 4 aromatic rings. The van der Waals surface area contributed by atoms with Crippen molar-refractivity contribution in [1.82, 2.24) is 19.8 Å². The second-order valence-electron chi connectivity index (χ2n) is 9.63. The molecule has 0 aliphatic carbocycles. The summed E-state index contributed by atoms with van der Waals surface area (Å²) < 4.78 is 1.57. The van der Waals surface area contributed by atoms with Crippen LogP contribution in [0.5, 0.6) is 0 Å². The fourth-order valence-corrected chi connectivity index (χ4v) is 4.85. The number of hydrogen-bond donors (Lipinski definition) is 2. The van der Waals surface area contributed by atoms with Gasteiger partial charge in [0.1, 0.15) is 0 Å². The molecule has 1 aliphatic rings. The number of nitrogens with zero attached hydrogens (tertiary/aromatic N) is 3. The molecule has 5 rings (SSSR count). The van der Waals surface area contributed by atoms with Crippen LogP contribution in [-0.2, 0) is 6.54 Å². The van der Waals surface area contributed by atoms with Crippen LogP contribution in [0.4, 0.5) is 5.82 Å². The number of likely N-dealkylation sites (tertiary alicyclic amines) is 1. The van der Waals surface area contributed by atoms with Crippen LogP contribution in [0.15, 0.2) is 83.9 Å². The van der Waals surface area contributed by atoms with Gasteiger partial charge in [-0.1, -0.05) is 43.3 Å². The maximum Gasteiger partial charge on any atom is 0.297 e. The molecule has 7 heteroatoms. The standard InChI is InChI=1S/C30H33N5O2/c1-2-15-32-29(36)24-9-11-27(12-10-24)35-19-16-31-28(30(35)37)33-26-13-17-34(18-14-26)21-22-7-8-23-5-3-4-6-25(23)20-22/h3-12,16,19-20,26H,2,13-15,17-18,21H2,1H3,(H,31,33)(H,32,36). The van der Waals surface area contributed by atoms with Crippen molar-refractivity contribution in [3.8, 4) is 5.69 Å². The highest BCUT2D eigenvalue weighted by Gasteiger charge is 2.21. The zero-order valence-electron chi connectivity index (χ0n) is 21.2. The minimum Gasteiger partial charge on any atom is -0.363 e. The Bertz CT molecular complexity index is 1420. The highest BCUT2D eigenvalue weighted by Crippen LogP contribution is 2.20. The number of hydrogen-bond acceptors (Lipinski definition) is 5. The molecule has 3 aromatic carbocycles. The average molecular weight is 496 g/mol. The number of aromatic nitrogens is 2. The summed E-state index contributed by atoms with van der Waals surface area (Å²) in [5, 5.41) is 8.79. The van der Waals surface area contributed by atoms with E-state index in [0.29, 0.717) is 23.6 Å². The molecule has 0 bridgehead atoms. The third-order valence-electron chi connectivity index (χ3n) is 6.93. The van der Waals surface area contributed by atoms with Gasteiger partial charge in [0.25, 0.3) is 11.5 Å². The maximum absolute atomic E-state index is 13.2. The van der Waals surface area contributed by atoms with Gasteiger partial charge >= 0.3 is 0 Å². The van der Waals surface area contributed by atoms with E-state index in [1.165, 1.54) is 16.3 Å². The average Bonchev–Trinajstić information content (AvgIpc) is 2.94. The maximum atomic E-state index is 13.2. The van der Waals surface area contributed by atoms with Gasteiger partial charge in [-0.15, -0.1) is 0 Å². The van der Waals surface area contributed by atoms with Crippen molar-refractivity contribution in [2.24, 2.45) is 0 Å². The van der Waals surface area contributed by atoms with E-state index in [9.17, 15) is 9.59 Å². The van der Waals surface area contributed by atoms with Gasteiger partial charge in [0.05, 0.1) is 0 Å². The molecule has 7 nitrogen and oxygen atoms in total. The van der Waals surface area contributed by atoms with Crippen LogP contribution < -0.4 is 16.2 Å². The molecule has 1 aromatic heterocycles. The highest BCUT2D eigenvalue weighted by molar-refractivity contribution is 5.94. The second-order valence-corrected chi connectivity index (χ2v) is 9.63. The number of benzene rings is 3. The number of nitrogens with one attached hydrogen (secondary N) is 2. The zero-order valence-corrected chi connectivity index (χ0v) is 21.2. The summed E-state index contributed by atoms with van der Waals surface area (Å²) in [6, 6.07) is 22.4. The van der Waals surface area contributed by atoms with Gasteiger partial charge in [-0.3, -0.25) is 19.1 Å². The van der Waals surface area contributed by atoms with Gasteiger partial charge in [0.2, 0.25) is 0 Å². The first kappa shape index (κ1) is 24.7. The van der Waals surface area contributed by atoms with Crippen LogP contribution in [-0.4, -0.2) is 46.0 Å². The van der Waals surface area contributed by atoms with Gasteiger partial charge in [-0.05, 0) is 65.9 Å². The molecular weight excluding hydrogens is 462 g/mol. The Hall–Kier alpha value is -3.97. The lowest BCUT2D eigenvalue weighted by Crippen LogP contribution is -2.40. The summed E-state index contributed by atoms with van der Waals surface area (Å²) in [4.78, 5) is 32.1. The number of carbonyl (C=O) groups is 1. The van der Waals surface area contributed by atoms with Gasteiger partial charge in [0, 0.05) is 55.9 Å². The third kappa shape index (κ3) is 5.89. The third-order valence-corrected chi connectivity index (χ3v) is 6.93. The van der Waals surface area contributed by atoms with Crippen molar-refractivity contribution in [2.45, 2.75) is 38.8 Å². The Balaban J connectivity index is 1.19. The topological polar surface area (TPSA) is 79.3 Å².